The van der Waals surface area contributed by atoms with E-state index in [2.05, 4.69) is 10.4 Å². The summed E-state index contributed by atoms with van der Waals surface area (Å²) in [6, 6.07) is 6.58. The molecule has 0 radical (unpaired) electrons. The number of aromatic nitrogens is 3. The Kier molecular flexibility index (Phi) is 4.34. The maximum atomic E-state index is 11.5. The van der Waals surface area contributed by atoms with Gasteiger partial charge in [-0.05, 0) is 43.4 Å². The number of hydrogen-bond acceptors (Lipinski definition) is 5. The highest BCUT2D eigenvalue weighted by Crippen LogP contribution is 2.51. The summed E-state index contributed by atoms with van der Waals surface area (Å²) in [6.45, 7) is 0.529. The number of sulfonamides is 1. The zero-order chi connectivity index (χ0) is 20.2. The molecule has 1 aromatic carbocycles. The van der Waals surface area contributed by atoms with Gasteiger partial charge in [0.15, 0.2) is 5.65 Å². The molecule has 2 aliphatic rings. The van der Waals surface area contributed by atoms with Crippen molar-refractivity contribution in [2.75, 3.05) is 5.32 Å². The van der Waals surface area contributed by atoms with Crippen molar-refractivity contribution in [1.82, 2.24) is 14.6 Å². The third-order valence-corrected chi connectivity index (χ3v) is 7.53. The van der Waals surface area contributed by atoms with Gasteiger partial charge in [-0.2, -0.15) is 9.61 Å². The van der Waals surface area contributed by atoms with Crippen LogP contribution < -0.4 is 10.5 Å². The molecule has 0 saturated heterocycles. The van der Waals surface area contributed by atoms with E-state index in [1.807, 2.05) is 0 Å². The summed E-state index contributed by atoms with van der Waals surface area (Å²) in [4.78, 5) is 5.06. The van der Waals surface area contributed by atoms with Crippen molar-refractivity contribution in [3.8, 4) is 0 Å². The molecule has 0 unspecified atom stereocenters. The molecule has 0 atom stereocenters. The molecule has 5 rings (SSSR count). The minimum atomic E-state index is -3.69. The van der Waals surface area contributed by atoms with Gasteiger partial charge in [0.05, 0.1) is 16.8 Å². The second kappa shape index (κ2) is 6.68. The fourth-order valence-corrected chi connectivity index (χ4v) is 5.54. The molecule has 3 N–H and O–H groups in total. The van der Waals surface area contributed by atoms with Crippen LogP contribution in [0.15, 0.2) is 35.4 Å². The van der Waals surface area contributed by atoms with Crippen LogP contribution in [0.4, 0.5) is 5.82 Å². The summed E-state index contributed by atoms with van der Waals surface area (Å²) < 4.78 is 24.7. The number of nitrogens with zero attached hydrogens (tertiary/aromatic N) is 3. The standard InChI is InChI=1S/C20H22ClN5O2S/c21-16-12-24-26-18(23-11-13-3-5-14(6-4-13)29(22,27)28)15-7-10-20(8-1-2-9-20)17(15)25-19(16)26/h3-6,12,23H,1-2,7-11H2,(H2,22,27,28). The van der Waals surface area contributed by atoms with E-state index in [4.69, 9.17) is 21.7 Å². The third-order valence-electron chi connectivity index (χ3n) is 6.33. The van der Waals surface area contributed by atoms with Crippen molar-refractivity contribution in [2.24, 2.45) is 5.14 Å². The van der Waals surface area contributed by atoms with Crippen molar-refractivity contribution >= 4 is 33.1 Å². The molecule has 7 nitrogen and oxygen atoms in total. The Labute approximate surface area is 174 Å². The first kappa shape index (κ1) is 18.8. The first-order chi connectivity index (χ1) is 13.9. The molecule has 29 heavy (non-hydrogen) atoms. The van der Waals surface area contributed by atoms with Crippen LogP contribution in [0.2, 0.25) is 5.02 Å². The van der Waals surface area contributed by atoms with E-state index < -0.39 is 10.0 Å². The van der Waals surface area contributed by atoms with Gasteiger partial charge in [-0.3, -0.25) is 0 Å². The zero-order valence-corrected chi connectivity index (χ0v) is 17.4. The Morgan fingerprint density at radius 2 is 1.90 bits per heavy atom. The molecule has 152 valence electrons. The molecule has 2 heterocycles. The molecular weight excluding hydrogens is 410 g/mol. The average Bonchev–Trinajstić information content (AvgIpc) is 3.41. The molecule has 0 bridgehead atoms. The Morgan fingerprint density at radius 3 is 2.59 bits per heavy atom. The second-order valence-corrected chi connectivity index (χ2v) is 10.0. The highest BCUT2D eigenvalue weighted by molar-refractivity contribution is 7.89. The maximum Gasteiger partial charge on any atom is 0.238 e. The largest absolute Gasteiger partial charge is 0.366 e. The summed E-state index contributed by atoms with van der Waals surface area (Å²) in [6.07, 6.45) is 8.59. The van der Waals surface area contributed by atoms with E-state index in [1.165, 1.54) is 49.1 Å². The number of primary sulfonamides is 1. The van der Waals surface area contributed by atoms with E-state index in [1.54, 1.807) is 22.8 Å². The summed E-state index contributed by atoms with van der Waals surface area (Å²) >= 11 is 6.38. The average molecular weight is 432 g/mol. The SMILES string of the molecule is NS(=O)(=O)c1ccc(CNc2c3c(nc4c(Cl)cnn24)C2(CCCC2)CC3)cc1. The Hall–Kier alpha value is -2.16. The van der Waals surface area contributed by atoms with Crippen molar-refractivity contribution in [3.05, 3.63) is 52.3 Å². The van der Waals surface area contributed by atoms with Gasteiger partial charge in [0.25, 0.3) is 0 Å². The lowest BCUT2D eigenvalue weighted by Crippen LogP contribution is -2.20. The maximum absolute atomic E-state index is 11.5. The number of halogens is 1. The molecule has 9 heteroatoms. The first-order valence-electron chi connectivity index (χ1n) is 9.80. The summed E-state index contributed by atoms with van der Waals surface area (Å²) in [5, 5.41) is 13.7. The van der Waals surface area contributed by atoms with Crippen LogP contribution >= 0.6 is 11.6 Å². The van der Waals surface area contributed by atoms with Gasteiger partial charge in [0.2, 0.25) is 10.0 Å². The number of benzene rings is 1. The number of hydrogen-bond donors (Lipinski definition) is 2. The Balaban J connectivity index is 1.52. The van der Waals surface area contributed by atoms with Gasteiger partial charge in [-0.15, -0.1) is 0 Å². The van der Waals surface area contributed by atoms with E-state index >= 15 is 0 Å². The van der Waals surface area contributed by atoms with E-state index in [0.29, 0.717) is 17.2 Å². The zero-order valence-electron chi connectivity index (χ0n) is 15.9. The monoisotopic (exact) mass is 431 g/mol. The Morgan fingerprint density at radius 1 is 1.17 bits per heavy atom. The van der Waals surface area contributed by atoms with E-state index in [-0.39, 0.29) is 10.3 Å². The molecule has 1 spiro atoms. The molecule has 1 saturated carbocycles. The lowest BCUT2D eigenvalue weighted by Gasteiger charge is -2.23. The molecule has 2 aromatic heterocycles. The summed E-state index contributed by atoms with van der Waals surface area (Å²) in [7, 11) is -3.69. The minimum absolute atomic E-state index is 0.107. The van der Waals surface area contributed by atoms with Crippen molar-refractivity contribution in [2.45, 2.75) is 55.4 Å². The van der Waals surface area contributed by atoms with Gasteiger partial charge in [0.1, 0.15) is 10.8 Å². The summed E-state index contributed by atoms with van der Waals surface area (Å²) in [5.41, 5.74) is 4.21. The predicted octanol–water partition coefficient (Wildman–Crippen LogP) is 3.40. The number of nitrogens with two attached hydrogens (primary N) is 1. The van der Waals surface area contributed by atoms with Crippen LogP contribution in [0.5, 0.6) is 0 Å². The van der Waals surface area contributed by atoms with Crippen LogP contribution in [0, 0.1) is 0 Å². The lowest BCUT2D eigenvalue weighted by molar-refractivity contribution is 0.429. The number of fused-ring (bicyclic) bond motifs is 3. The smallest absolute Gasteiger partial charge is 0.238 e. The minimum Gasteiger partial charge on any atom is -0.366 e. The first-order valence-corrected chi connectivity index (χ1v) is 11.7. The van der Waals surface area contributed by atoms with Gasteiger partial charge >= 0.3 is 0 Å². The number of nitrogens with one attached hydrogen (secondary N) is 1. The fourth-order valence-electron chi connectivity index (χ4n) is 4.86. The fraction of sp³-hybridized carbons (Fsp3) is 0.400. The number of anilines is 1. The third kappa shape index (κ3) is 3.10. The van der Waals surface area contributed by atoms with Crippen LogP contribution in [-0.4, -0.2) is 23.0 Å². The van der Waals surface area contributed by atoms with E-state index in [0.717, 1.165) is 24.2 Å². The molecule has 1 fully saturated rings. The topological polar surface area (TPSA) is 102 Å². The van der Waals surface area contributed by atoms with Crippen LogP contribution in [-0.2, 0) is 28.4 Å². The van der Waals surface area contributed by atoms with Crippen LogP contribution in [0.3, 0.4) is 0 Å². The van der Waals surface area contributed by atoms with Crippen molar-refractivity contribution in [3.63, 3.8) is 0 Å². The van der Waals surface area contributed by atoms with Gasteiger partial charge in [0, 0.05) is 17.5 Å². The molecule has 3 aromatic rings. The molecule has 2 aliphatic carbocycles. The molecule has 0 aliphatic heterocycles. The Bertz CT molecular complexity index is 1200. The van der Waals surface area contributed by atoms with Gasteiger partial charge < -0.3 is 5.32 Å². The van der Waals surface area contributed by atoms with Crippen molar-refractivity contribution < 1.29 is 8.42 Å². The predicted molar refractivity (Wildman–Crippen MR) is 112 cm³/mol. The molecule has 0 amide bonds. The van der Waals surface area contributed by atoms with Crippen LogP contribution in [0.1, 0.15) is 48.9 Å². The highest BCUT2D eigenvalue weighted by atomic mass is 35.5. The second-order valence-electron chi connectivity index (χ2n) is 8.05. The van der Waals surface area contributed by atoms with Crippen LogP contribution in [0.25, 0.3) is 5.65 Å². The van der Waals surface area contributed by atoms with Crippen molar-refractivity contribution in [1.29, 1.82) is 0 Å². The van der Waals surface area contributed by atoms with E-state index in [9.17, 15) is 8.42 Å². The van der Waals surface area contributed by atoms with Gasteiger partial charge in [-0.25, -0.2) is 18.5 Å². The normalized spacial score (nSPS) is 17.9. The quantitative estimate of drug-likeness (QED) is 0.659. The lowest BCUT2D eigenvalue weighted by atomic mass is 9.83. The number of rotatable bonds is 4. The summed E-state index contributed by atoms with van der Waals surface area (Å²) in [5.74, 6) is 0.927. The molecular formula is C20H22ClN5O2S. The van der Waals surface area contributed by atoms with Gasteiger partial charge in [-0.1, -0.05) is 36.6 Å². The highest BCUT2D eigenvalue weighted by Gasteiger charge is 2.44.